The van der Waals surface area contributed by atoms with Gasteiger partial charge in [0.2, 0.25) is 21.8 Å². The molecule has 0 aliphatic carbocycles. The number of benzene rings is 1. The van der Waals surface area contributed by atoms with Gasteiger partial charge in [-0.3, -0.25) is 25.2 Å². The lowest BCUT2D eigenvalue weighted by molar-refractivity contribution is -0.141. The van der Waals surface area contributed by atoms with Crippen LogP contribution in [0.15, 0.2) is 24.3 Å². The maximum atomic E-state index is 13.2. The van der Waals surface area contributed by atoms with E-state index >= 15 is 0 Å². The van der Waals surface area contributed by atoms with E-state index in [1.54, 1.807) is 31.3 Å². The number of nitrogens with one attached hydrogen (secondary N) is 6. The van der Waals surface area contributed by atoms with Gasteiger partial charge in [-0.15, -0.1) is 0 Å². The molecular weight excluding hydrogens is 556 g/mol. The Morgan fingerprint density at radius 3 is 2.49 bits per heavy atom. The molecule has 0 saturated heterocycles. The largest absolute Gasteiger partial charge is 0.469 e. The number of nitrogens with two attached hydrogens (primary N) is 1. The first-order chi connectivity index (χ1) is 19.3. The first kappa shape index (κ1) is 35.0. The van der Waals surface area contributed by atoms with E-state index in [0.29, 0.717) is 30.4 Å². The quantitative estimate of drug-likeness (QED) is 0.0350. The van der Waals surface area contributed by atoms with E-state index in [1.165, 1.54) is 14.2 Å². The van der Waals surface area contributed by atoms with Gasteiger partial charge in [-0.05, 0) is 37.3 Å². The van der Waals surface area contributed by atoms with Crippen molar-refractivity contribution in [1.29, 1.82) is 10.8 Å². The standard InChI is InChI=1S/C25H40N8O7S/c1-29-23(26)18-8-4-7-17(13-18)16-41(38,39)32-20(10-5-11-22(36)40-3)24(37)33(2)14-21(35)31-19(15-34)9-6-12-30-25(27)28/h4,7-8,13,15,19-20,32H,5-6,9-12,14,16H2,1-3H3,(H2,26,29)(H,31,35)(H4,27,28,30)/t19-,20-/m0/s1. The van der Waals surface area contributed by atoms with Gasteiger partial charge in [0, 0.05) is 32.6 Å². The monoisotopic (exact) mass is 596 g/mol. The van der Waals surface area contributed by atoms with Crippen molar-refractivity contribution in [3.05, 3.63) is 35.4 Å². The number of amides is 2. The second-order valence-electron chi connectivity index (χ2n) is 9.21. The Hall–Kier alpha value is -4.05. The van der Waals surface area contributed by atoms with Crippen molar-refractivity contribution in [2.75, 3.05) is 34.3 Å². The van der Waals surface area contributed by atoms with Gasteiger partial charge in [-0.1, -0.05) is 18.2 Å². The highest BCUT2D eigenvalue weighted by Gasteiger charge is 2.28. The van der Waals surface area contributed by atoms with Crippen molar-refractivity contribution >= 4 is 45.9 Å². The van der Waals surface area contributed by atoms with E-state index in [2.05, 4.69) is 25.4 Å². The van der Waals surface area contributed by atoms with Crippen LogP contribution in [0, 0.1) is 10.8 Å². The summed E-state index contributed by atoms with van der Waals surface area (Å²) in [5, 5.41) is 22.8. The minimum absolute atomic E-state index is 0.0380. The number of aldehydes is 1. The first-order valence-corrected chi connectivity index (χ1v) is 14.5. The topological polar surface area (TPSA) is 237 Å². The van der Waals surface area contributed by atoms with Gasteiger partial charge in [0.1, 0.15) is 18.2 Å². The Morgan fingerprint density at radius 1 is 1.17 bits per heavy atom. The number of carbonyl (C=O) groups excluding carboxylic acids is 4. The summed E-state index contributed by atoms with van der Waals surface area (Å²) in [6.07, 6.45) is 1.34. The number of nitrogens with zero attached hydrogens (tertiary/aromatic N) is 1. The molecule has 16 heteroatoms. The first-order valence-electron chi connectivity index (χ1n) is 12.8. The molecule has 0 saturated carbocycles. The van der Waals surface area contributed by atoms with E-state index in [0.717, 1.165) is 4.90 Å². The summed E-state index contributed by atoms with van der Waals surface area (Å²) in [6.45, 7) is -0.109. The SMILES string of the molecule is CNC(=N)c1cccc(CS(=O)(=O)N[C@@H](CCCC(=O)OC)C(=O)N(C)CC(=O)N[C@H](C=O)CCCNC(=N)N)c1. The van der Waals surface area contributed by atoms with Gasteiger partial charge >= 0.3 is 5.97 Å². The molecule has 15 nitrogen and oxygen atoms in total. The zero-order valence-electron chi connectivity index (χ0n) is 23.5. The molecule has 2 amide bonds. The van der Waals surface area contributed by atoms with Crippen molar-refractivity contribution < 1.29 is 32.3 Å². The molecule has 1 aromatic carbocycles. The van der Waals surface area contributed by atoms with Gasteiger partial charge in [0.25, 0.3) is 0 Å². The molecule has 0 radical (unpaired) electrons. The summed E-state index contributed by atoms with van der Waals surface area (Å²) in [6, 6.07) is 4.29. The predicted molar refractivity (Wildman–Crippen MR) is 153 cm³/mol. The van der Waals surface area contributed by atoms with Gasteiger partial charge in [-0.25, -0.2) is 13.1 Å². The Labute approximate surface area is 240 Å². The Balaban J connectivity index is 2.92. The molecule has 0 aromatic heterocycles. The minimum atomic E-state index is -4.07. The molecule has 0 fully saturated rings. The van der Waals surface area contributed by atoms with Gasteiger partial charge in [0.15, 0.2) is 5.96 Å². The summed E-state index contributed by atoms with van der Waals surface area (Å²) < 4.78 is 33.0. The van der Waals surface area contributed by atoms with Crippen LogP contribution in [0.4, 0.5) is 0 Å². The highest BCUT2D eigenvalue weighted by atomic mass is 32.2. The molecule has 8 N–H and O–H groups in total. The lowest BCUT2D eigenvalue weighted by atomic mass is 10.1. The summed E-state index contributed by atoms with van der Waals surface area (Å²) >= 11 is 0. The number of guanidine groups is 1. The number of likely N-dealkylation sites (N-methyl/N-ethyl adjacent to an activating group) is 1. The fourth-order valence-corrected chi connectivity index (χ4v) is 5.11. The smallest absolute Gasteiger partial charge is 0.305 e. The molecule has 0 aliphatic heterocycles. The van der Waals surface area contributed by atoms with Crippen LogP contribution in [-0.4, -0.2) is 95.6 Å². The molecule has 228 valence electrons. The molecule has 1 rings (SSSR count). The van der Waals surface area contributed by atoms with Crippen LogP contribution >= 0.6 is 0 Å². The molecule has 1 aromatic rings. The number of sulfonamides is 1. The van der Waals surface area contributed by atoms with Crippen LogP contribution in [0.1, 0.15) is 43.2 Å². The molecular formula is C25H40N8O7S. The number of hydrogen-bond donors (Lipinski definition) is 7. The summed E-state index contributed by atoms with van der Waals surface area (Å²) in [5.41, 5.74) is 6.08. The number of rotatable bonds is 18. The number of methoxy groups -OCH3 is 1. The third kappa shape index (κ3) is 13.7. The zero-order valence-corrected chi connectivity index (χ0v) is 24.3. The van der Waals surface area contributed by atoms with Gasteiger partial charge in [0.05, 0.1) is 25.4 Å². The highest BCUT2D eigenvalue weighted by molar-refractivity contribution is 7.88. The summed E-state index contributed by atoms with van der Waals surface area (Å²) in [7, 11) is 0.0410. The summed E-state index contributed by atoms with van der Waals surface area (Å²) in [4.78, 5) is 49.7. The van der Waals surface area contributed by atoms with Gasteiger partial charge < -0.3 is 36.1 Å². The van der Waals surface area contributed by atoms with Crippen molar-refractivity contribution in [2.45, 2.75) is 49.9 Å². The van der Waals surface area contributed by atoms with Crippen LogP contribution in [0.3, 0.4) is 0 Å². The van der Waals surface area contributed by atoms with E-state index in [4.69, 9.17) is 16.6 Å². The third-order valence-electron chi connectivity index (χ3n) is 5.82. The number of amidine groups is 1. The normalized spacial score (nSPS) is 12.4. The summed E-state index contributed by atoms with van der Waals surface area (Å²) in [5.74, 6) is -2.42. The van der Waals surface area contributed by atoms with E-state index < -0.39 is 52.2 Å². The maximum Gasteiger partial charge on any atom is 0.305 e. The van der Waals surface area contributed by atoms with Crippen LogP contribution in [0.2, 0.25) is 0 Å². The number of ether oxygens (including phenoxy) is 1. The Kier molecular flexibility index (Phi) is 15.0. The zero-order chi connectivity index (χ0) is 31.0. The molecule has 0 spiro atoms. The molecule has 0 heterocycles. The van der Waals surface area contributed by atoms with Crippen molar-refractivity contribution in [1.82, 2.24) is 25.6 Å². The predicted octanol–water partition coefficient (Wildman–Crippen LogP) is -1.23. The lowest BCUT2D eigenvalue weighted by Gasteiger charge is -2.25. The number of esters is 1. The van der Waals surface area contributed by atoms with Crippen molar-refractivity contribution in [3.8, 4) is 0 Å². The fourth-order valence-electron chi connectivity index (χ4n) is 3.76. The Morgan fingerprint density at radius 2 is 1.88 bits per heavy atom. The average molecular weight is 597 g/mol. The number of carbonyl (C=O) groups is 4. The van der Waals surface area contributed by atoms with Crippen LogP contribution in [-0.2, 0) is 39.7 Å². The minimum Gasteiger partial charge on any atom is -0.469 e. The second kappa shape index (κ2) is 17.6. The number of hydrogen-bond acceptors (Lipinski definition) is 9. The Bertz CT molecular complexity index is 1190. The second-order valence-corrected chi connectivity index (χ2v) is 11.0. The third-order valence-corrected chi connectivity index (χ3v) is 7.18. The fraction of sp³-hybridized carbons (Fsp3) is 0.520. The average Bonchev–Trinajstić information content (AvgIpc) is 2.92. The van der Waals surface area contributed by atoms with Crippen LogP contribution in [0.25, 0.3) is 0 Å². The molecule has 0 bridgehead atoms. The highest BCUT2D eigenvalue weighted by Crippen LogP contribution is 2.12. The molecule has 41 heavy (non-hydrogen) atoms. The van der Waals surface area contributed by atoms with Crippen molar-refractivity contribution in [2.24, 2.45) is 5.73 Å². The van der Waals surface area contributed by atoms with E-state index in [9.17, 15) is 27.6 Å². The molecule has 2 atom stereocenters. The van der Waals surface area contributed by atoms with Crippen LogP contribution < -0.4 is 26.4 Å². The maximum absolute atomic E-state index is 13.2. The van der Waals surface area contributed by atoms with E-state index in [1.807, 2.05) is 0 Å². The molecule has 0 aliphatic rings. The lowest BCUT2D eigenvalue weighted by Crippen LogP contribution is -2.50. The van der Waals surface area contributed by atoms with E-state index in [-0.39, 0.29) is 37.5 Å². The van der Waals surface area contributed by atoms with Gasteiger partial charge in [-0.2, -0.15) is 0 Å². The van der Waals surface area contributed by atoms with Crippen molar-refractivity contribution in [3.63, 3.8) is 0 Å². The molecule has 0 unspecified atom stereocenters. The van der Waals surface area contributed by atoms with Crippen LogP contribution in [0.5, 0.6) is 0 Å².